The van der Waals surface area contributed by atoms with Crippen molar-refractivity contribution in [1.82, 2.24) is 0 Å². The summed E-state index contributed by atoms with van der Waals surface area (Å²) >= 11 is -3.03. The van der Waals surface area contributed by atoms with E-state index in [4.69, 9.17) is 0 Å². The van der Waals surface area contributed by atoms with Gasteiger partial charge in [0.1, 0.15) is 0 Å². The zero-order chi connectivity index (χ0) is 25.9. The van der Waals surface area contributed by atoms with Crippen molar-refractivity contribution in [3.63, 3.8) is 0 Å². The maximum atomic E-state index is 2.42. The van der Waals surface area contributed by atoms with Crippen LogP contribution in [0.2, 0.25) is 4.44 Å². The SMILES string of the molecule is CCCCCCCCCCCCCCCCC[CH2][Sn]([c]1ccccc1)([c]1ccccc1)[c]1ccccc1. The maximum absolute atomic E-state index is 3.03. The third-order valence-electron chi connectivity index (χ3n) is 8.21. The molecule has 0 nitrogen and oxygen atoms in total. The Morgan fingerprint density at radius 1 is 0.351 bits per heavy atom. The fourth-order valence-corrected chi connectivity index (χ4v) is 20.1. The first-order chi connectivity index (χ1) is 18.4. The van der Waals surface area contributed by atoms with Gasteiger partial charge in [-0.1, -0.05) is 39.0 Å². The van der Waals surface area contributed by atoms with E-state index in [1.165, 1.54) is 107 Å². The van der Waals surface area contributed by atoms with Crippen molar-refractivity contribution < 1.29 is 0 Å². The van der Waals surface area contributed by atoms with Crippen molar-refractivity contribution in [3.05, 3.63) is 91.0 Å². The molecule has 0 radical (unpaired) electrons. The molecule has 0 aliphatic rings. The molecule has 1 heteroatoms. The average Bonchev–Trinajstić information content (AvgIpc) is 2.96. The van der Waals surface area contributed by atoms with E-state index >= 15 is 0 Å². The predicted molar refractivity (Wildman–Crippen MR) is 168 cm³/mol. The topological polar surface area (TPSA) is 0 Å². The quantitative estimate of drug-likeness (QED) is 0.0892. The average molecular weight is 604 g/mol. The van der Waals surface area contributed by atoms with Crippen LogP contribution in [0.4, 0.5) is 0 Å². The van der Waals surface area contributed by atoms with E-state index in [-0.39, 0.29) is 0 Å². The van der Waals surface area contributed by atoms with Gasteiger partial charge in [0.25, 0.3) is 0 Å². The second-order valence-corrected chi connectivity index (χ2v) is 22.6. The van der Waals surface area contributed by atoms with E-state index in [1.54, 1.807) is 10.7 Å². The Hall–Kier alpha value is -1.54. The Kier molecular flexibility index (Phi) is 15.1. The van der Waals surface area contributed by atoms with Gasteiger partial charge in [-0.05, 0) is 0 Å². The summed E-state index contributed by atoms with van der Waals surface area (Å²) in [7, 11) is 0. The second kappa shape index (κ2) is 18.7. The first kappa shape index (κ1) is 30.0. The molecule has 0 heterocycles. The van der Waals surface area contributed by atoms with Crippen LogP contribution >= 0.6 is 0 Å². The number of rotatable bonds is 20. The van der Waals surface area contributed by atoms with Crippen LogP contribution in [0.1, 0.15) is 110 Å². The number of unbranched alkanes of at least 4 members (excludes halogenated alkanes) is 15. The fourth-order valence-electron chi connectivity index (χ4n) is 6.04. The minimum absolute atomic E-state index is 1.35. The van der Waals surface area contributed by atoms with Gasteiger partial charge < -0.3 is 0 Å². The number of benzene rings is 3. The van der Waals surface area contributed by atoms with Gasteiger partial charge in [-0.15, -0.1) is 0 Å². The third kappa shape index (κ3) is 10.3. The first-order valence-electron chi connectivity index (χ1n) is 15.5. The minimum atomic E-state index is -3.03. The monoisotopic (exact) mass is 604 g/mol. The van der Waals surface area contributed by atoms with Gasteiger partial charge in [0.2, 0.25) is 0 Å². The molecule has 0 unspecified atom stereocenters. The summed E-state index contributed by atoms with van der Waals surface area (Å²) < 4.78 is 6.23. The Bertz CT molecular complexity index is 822. The van der Waals surface area contributed by atoms with Crippen LogP contribution in [0.5, 0.6) is 0 Å². The molecule has 37 heavy (non-hydrogen) atoms. The van der Waals surface area contributed by atoms with Gasteiger partial charge in [-0.2, -0.15) is 0 Å². The molecule has 0 saturated carbocycles. The van der Waals surface area contributed by atoms with E-state index in [0.29, 0.717) is 0 Å². The molecule has 3 rings (SSSR count). The molecule has 0 saturated heterocycles. The van der Waals surface area contributed by atoms with Crippen molar-refractivity contribution in [1.29, 1.82) is 0 Å². The van der Waals surface area contributed by atoms with E-state index in [2.05, 4.69) is 97.9 Å². The van der Waals surface area contributed by atoms with Crippen LogP contribution in [-0.2, 0) is 0 Å². The summed E-state index contributed by atoms with van der Waals surface area (Å²) in [5, 5.41) is 0. The molecule has 0 spiro atoms. The molecular formula is C36H52Sn. The van der Waals surface area contributed by atoms with Crippen LogP contribution in [0.3, 0.4) is 0 Å². The van der Waals surface area contributed by atoms with Crippen LogP contribution < -0.4 is 10.7 Å². The summed E-state index contributed by atoms with van der Waals surface area (Å²) in [6.07, 6.45) is 22.9. The van der Waals surface area contributed by atoms with Crippen molar-refractivity contribution in [3.8, 4) is 0 Å². The van der Waals surface area contributed by atoms with Crippen LogP contribution in [0.25, 0.3) is 0 Å². The van der Waals surface area contributed by atoms with E-state index in [1.807, 2.05) is 0 Å². The molecule has 0 amide bonds. The zero-order valence-electron chi connectivity index (χ0n) is 23.7. The summed E-state index contributed by atoms with van der Waals surface area (Å²) in [6.45, 7) is 2.30. The summed E-state index contributed by atoms with van der Waals surface area (Å²) in [4.78, 5) is 0. The molecule has 0 atom stereocenters. The van der Waals surface area contributed by atoms with Crippen molar-refractivity contribution in [2.45, 2.75) is 114 Å². The Morgan fingerprint density at radius 2 is 0.622 bits per heavy atom. The van der Waals surface area contributed by atoms with Crippen molar-refractivity contribution in [2.24, 2.45) is 0 Å². The van der Waals surface area contributed by atoms with E-state index < -0.39 is 18.4 Å². The molecule has 0 aliphatic carbocycles. The van der Waals surface area contributed by atoms with Gasteiger partial charge in [-0.25, -0.2) is 0 Å². The van der Waals surface area contributed by atoms with Gasteiger partial charge in [-0.3, -0.25) is 0 Å². The molecular weight excluding hydrogens is 551 g/mol. The molecule has 3 aromatic rings. The van der Waals surface area contributed by atoms with Crippen molar-refractivity contribution >= 4 is 29.1 Å². The molecule has 0 aromatic heterocycles. The Morgan fingerprint density at radius 3 is 0.919 bits per heavy atom. The van der Waals surface area contributed by atoms with Gasteiger partial charge in [0.05, 0.1) is 0 Å². The van der Waals surface area contributed by atoms with Crippen LogP contribution in [0, 0.1) is 0 Å². The normalized spacial score (nSPS) is 11.6. The van der Waals surface area contributed by atoms with Crippen LogP contribution in [0.15, 0.2) is 91.0 Å². The van der Waals surface area contributed by atoms with Gasteiger partial charge in [0, 0.05) is 0 Å². The first-order valence-corrected chi connectivity index (χ1v) is 21.8. The zero-order valence-corrected chi connectivity index (χ0v) is 26.5. The molecule has 0 aliphatic heterocycles. The predicted octanol–water partition coefficient (Wildman–Crippen LogP) is 9.42. The van der Waals surface area contributed by atoms with Gasteiger partial charge in [0.15, 0.2) is 0 Å². The summed E-state index contributed by atoms with van der Waals surface area (Å²) in [5.41, 5.74) is 0. The standard InChI is InChI=1S/C18H37.3C6H5.Sn/c1-3-5-7-9-11-13-15-17-18-16-14-12-10-8-6-4-2;3*1-2-4-6-5-3-1;/h1,3-18H2,2H3;3*1-5H;. The van der Waals surface area contributed by atoms with Gasteiger partial charge >= 0.3 is 195 Å². The third-order valence-corrected chi connectivity index (χ3v) is 22.6. The second-order valence-electron chi connectivity index (χ2n) is 11.1. The summed E-state index contributed by atoms with van der Waals surface area (Å²) in [6, 6.07) is 34.5. The molecule has 0 bridgehead atoms. The molecule has 3 aromatic carbocycles. The van der Waals surface area contributed by atoms with E-state index in [9.17, 15) is 0 Å². The van der Waals surface area contributed by atoms with Crippen LogP contribution in [-0.4, -0.2) is 18.4 Å². The number of hydrogen-bond donors (Lipinski definition) is 0. The number of hydrogen-bond acceptors (Lipinski definition) is 0. The molecule has 0 fully saturated rings. The summed E-state index contributed by atoms with van der Waals surface area (Å²) in [5.74, 6) is 0. The van der Waals surface area contributed by atoms with Crippen molar-refractivity contribution in [2.75, 3.05) is 0 Å². The Labute approximate surface area is 233 Å². The Balaban J connectivity index is 1.41. The van der Waals surface area contributed by atoms with E-state index in [0.717, 1.165) is 0 Å². The fraction of sp³-hybridized carbons (Fsp3) is 0.500. The molecule has 200 valence electrons. The molecule has 0 N–H and O–H groups in total.